The van der Waals surface area contributed by atoms with Crippen molar-refractivity contribution in [2.24, 2.45) is 12.5 Å². The van der Waals surface area contributed by atoms with E-state index < -0.39 is 0 Å². The number of carbonyl (C=O) groups is 1. The summed E-state index contributed by atoms with van der Waals surface area (Å²) in [6, 6.07) is 10.2. The van der Waals surface area contributed by atoms with E-state index in [4.69, 9.17) is 16.3 Å². The predicted octanol–water partition coefficient (Wildman–Crippen LogP) is 3.52. The summed E-state index contributed by atoms with van der Waals surface area (Å²) >= 11 is 6.44. The third-order valence-corrected chi connectivity index (χ3v) is 8.78. The van der Waals surface area contributed by atoms with Crippen LogP contribution < -0.4 is 4.90 Å². The number of rotatable bonds is 6. The summed E-state index contributed by atoms with van der Waals surface area (Å²) in [5.74, 6) is 1.51. The number of aromatic nitrogens is 4. The summed E-state index contributed by atoms with van der Waals surface area (Å²) in [6.45, 7) is 4.85. The van der Waals surface area contributed by atoms with E-state index in [2.05, 4.69) is 32.2 Å². The highest BCUT2D eigenvalue weighted by Gasteiger charge is 2.47. The number of hydrogen-bond donors (Lipinski definition) is 0. The molecule has 1 aliphatic carbocycles. The Bertz CT molecular complexity index is 1360. The minimum absolute atomic E-state index is 0.0280. The molecule has 1 amide bonds. The minimum Gasteiger partial charge on any atom is -0.379 e. The molecule has 1 aromatic carbocycles. The minimum atomic E-state index is -0.195. The fourth-order valence-electron chi connectivity index (χ4n) is 6.07. The average Bonchev–Trinajstić information content (AvgIpc) is 3.11. The number of benzene rings is 1. The fourth-order valence-corrected chi connectivity index (χ4v) is 6.30. The maximum absolute atomic E-state index is 13.6. The van der Waals surface area contributed by atoms with E-state index in [1.165, 1.54) is 25.8 Å². The molecule has 1 spiro atoms. The van der Waals surface area contributed by atoms with Gasteiger partial charge in [-0.05, 0) is 66.1 Å². The zero-order chi connectivity index (χ0) is 24.5. The number of ether oxygens (including phenoxy) is 1. The Morgan fingerprint density at radius 1 is 1.14 bits per heavy atom. The lowest BCUT2D eigenvalue weighted by Gasteiger charge is -2.41. The van der Waals surface area contributed by atoms with Crippen LogP contribution in [0.3, 0.4) is 0 Å². The van der Waals surface area contributed by atoms with E-state index >= 15 is 0 Å². The number of likely N-dealkylation sites (tertiary alicyclic amines) is 1. The van der Waals surface area contributed by atoms with Gasteiger partial charge >= 0.3 is 0 Å². The molecule has 186 valence electrons. The molecule has 7 rings (SSSR count). The highest BCUT2D eigenvalue weighted by Crippen LogP contribution is 2.52. The first-order valence-electron chi connectivity index (χ1n) is 12.7. The van der Waals surface area contributed by atoms with Gasteiger partial charge in [0.25, 0.3) is 5.91 Å². The molecule has 9 heteroatoms. The molecule has 4 aliphatic rings. The Morgan fingerprint density at radius 3 is 2.69 bits per heavy atom. The van der Waals surface area contributed by atoms with Crippen LogP contribution in [0.5, 0.6) is 0 Å². The first-order chi connectivity index (χ1) is 17.4. The average molecular weight is 505 g/mol. The van der Waals surface area contributed by atoms with Gasteiger partial charge in [-0.2, -0.15) is 0 Å². The molecule has 0 N–H and O–H groups in total. The molecule has 2 aromatic heterocycles. The molecule has 8 nitrogen and oxygen atoms in total. The number of halogens is 1. The van der Waals surface area contributed by atoms with Gasteiger partial charge in [-0.15, -0.1) is 10.2 Å². The highest BCUT2D eigenvalue weighted by molar-refractivity contribution is 6.29. The van der Waals surface area contributed by atoms with E-state index in [1.807, 2.05) is 29.8 Å². The fraction of sp³-hybridized carbons (Fsp3) is 0.481. The van der Waals surface area contributed by atoms with E-state index in [1.54, 1.807) is 11.2 Å². The molecule has 0 unspecified atom stereocenters. The highest BCUT2D eigenvalue weighted by atomic mass is 35.5. The topological polar surface area (TPSA) is 76.4 Å². The molecule has 0 bridgehead atoms. The first-order valence-corrected chi connectivity index (χ1v) is 13.0. The van der Waals surface area contributed by atoms with Gasteiger partial charge in [0.05, 0.1) is 19.8 Å². The van der Waals surface area contributed by atoms with Gasteiger partial charge in [0.1, 0.15) is 23.1 Å². The number of carbonyl (C=O) groups excluding carboxylic acids is 1. The number of amides is 1. The van der Waals surface area contributed by atoms with Crippen molar-refractivity contribution in [3.8, 4) is 0 Å². The predicted molar refractivity (Wildman–Crippen MR) is 135 cm³/mol. The molecule has 3 aliphatic heterocycles. The Hall–Kier alpha value is -2.81. The third-order valence-electron chi connectivity index (χ3n) is 8.58. The zero-order valence-corrected chi connectivity index (χ0v) is 21.2. The zero-order valence-electron chi connectivity index (χ0n) is 20.4. The number of pyridine rings is 1. The Kier molecular flexibility index (Phi) is 5.04. The van der Waals surface area contributed by atoms with Crippen molar-refractivity contribution >= 4 is 23.3 Å². The summed E-state index contributed by atoms with van der Waals surface area (Å²) in [5.41, 5.74) is 4.35. The SMILES string of the molecule is Cn1cnnc1CC1(c2ccc3c(c2)C(=O)N(c2cc(CN4CCC5(CC5)C4)cc(Cl)n2)C3)COC1. The smallest absolute Gasteiger partial charge is 0.260 e. The van der Waals surface area contributed by atoms with Crippen LogP contribution in [0.1, 0.15) is 52.1 Å². The normalized spacial score (nSPS) is 21.7. The van der Waals surface area contributed by atoms with E-state index in [0.29, 0.717) is 36.1 Å². The van der Waals surface area contributed by atoms with Crippen molar-refractivity contribution in [1.29, 1.82) is 0 Å². The van der Waals surface area contributed by atoms with Gasteiger partial charge in [-0.1, -0.05) is 23.7 Å². The second-order valence-electron chi connectivity index (χ2n) is 11.2. The van der Waals surface area contributed by atoms with Gasteiger partial charge in [0.2, 0.25) is 0 Å². The van der Waals surface area contributed by atoms with Crippen molar-refractivity contribution < 1.29 is 9.53 Å². The van der Waals surface area contributed by atoms with Crippen LogP contribution >= 0.6 is 11.6 Å². The molecule has 3 fully saturated rings. The number of nitrogens with zero attached hydrogens (tertiary/aromatic N) is 6. The lowest BCUT2D eigenvalue weighted by Crippen LogP contribution is -2.49. The second-order valence-corrected chi connectivity index (χ2v) is 11.6. The molecule has 5 heterocycles. The monoisotopic (exact) mass is 504 g/mol. The van der Waals surface area contributed by atoms with Crippen LogP contribution in [-0.2, 0) is 36.7 Å². The number of fused-ring (bicyclic) bond motifs is 1. The largest absolute Gasteiger partial charge is 0.379 e. The first kappa shape index (κ1) is 22.4. The molecular weight excluding hydrogens is 476 g/mol. The molecule has 0 radical (unpaired) electrons. The summed E-state index contributed by atoms with van der Waals surface area (Å²) in [7, 11) is 1.95. The number of aryl methyl sites for hydroxylation is 1. The molecule has 2 saturated heterocycles. The second kappa shape index (κ2) is 8.10. The lowest BCUT2D eigenvalue weighted by molar-refractivity contribution is -0.0611. The maximum atomic E-state index is 13.6. The van der Waals surface area contributed by atoms with Gasteiger partial charge in [0.15, 0.2) is 0 Å². The number of hydrogen-bond acceptors (Lipinski definition) is 6. The summed E-state index contributed by atoms with van der Waals surface area (Å²) < 4.78 is 7.57. The molecule has 36 heavy (non-hydrogen) atoms. The summed E-state index contributed by atoms with van der Waals surface area (Å²) in [5, 5.41) is 8.72. The molecular formula is C27H29ClN6O2. The van der Waals surface area contributed by atoms with Crippen LogP contribution in [0.2, 0.25) is 5.15 Å². The molecule has 0 atom stereocenters. The van der Waals surface area contributed by atoms with Crippen LogP contribution in [0.25, 0.3) is 0 Å². The quantitative estimate of drug-likeness (QED) is 0.478. The van der Waals surface area contributed by atoms with Crippen LogP contribution in [-0.4, -0.2) is 56.9 Å². The van der Waals surface area contributed by atoms with Crippen LogP contribution in [0.15, 0.2) is 36.7 Å². The maximum Gasteiger partial charge on any atom is 0.260 e. The van der Waals surface area contributed by atoms with E-state index in [-0.39, 0.29) is 11.3 Å². The van der Waals surface area contributed by atoms with Crippen LogP contribution in [0.4, 0.5) is 5.82 Å². The third kappa shape index (κ3) is 3.74. The van der Waals surface area contributed by atoms with Crippen molar-refractivity contribution in [2.75, 3.05) is 31.2 Å². The standard InChI is InChI=1S/C27H29ClN6O2/c1-32-17-29-31-24(32)11-27(15-36-16-27)20-3-2-19-13-34(25(35)21(19)10-20)23-9-18(8-22(28)30-23)12-33-7-6-26(14-33)4-5-26/h2-3,8-10,17H,4-7,11-16H2,1H3. The van der Waals surface area contributed by atoms with E-state index in [0.717, 1.165) is 47.6 Å². The Balaban J connectivity index is 1.13. The summed E-state index contributed by atoms with van der Waals surface area (Å²) in [6.07, 6.45) is 6.45. The Morgan fingerprint density at radius 2 is 2.00 bits per heavy atom. The van der Waals surface area contributed by atoms with Gasteiger partial charge in [-0.25, -0.2) is 4.98 Å². The summed E-state index contributed by atoms with van der Waals surface area (Å²) in [4.78, 5) is 22.4. The van der Waals surface area contributed by atoms with Crippen molar-refractivity contribution in [1.82, 2.24) is 24.6 Å². The van der Waals surface area contributed by atoms with Gasteiger partial charge in [0, 0.05) is 37.5 Å². The number of anilines is 1. The van der Waals surface area contributed by atoms with Crippen molar-refractivity contribution in [3.05, 3.63) is 69.9 Å². The van der Waals surface area contributed by atoms with Crippen molar-refractivity contribution in [3.63, 3.8) is 0 Å². The van der Waals surface area contributed by atoms with Crippen molar-refractivity contribution in [2.45, 2.75) is 44.2 Å². The van der Waals surface area contributed by atoms with Gasteiger partial charge in [-0.3, -0.25) is 14.6 Å². The molecule has 1 saturated carbocycles. The van der Waals surface area contributed by atoms with Crippen LogP contribution in [0, 0.1) is 5.41 Å². The molecule has 3 aromatic rings. The Labute approximate surface area is 215 Å². The van der Waals surface area contributed by atoms with E-state index in [9.17, 15) is 4.79 Å². The lowest BCUT2D eigenvalue weighted by atomic mass is 9.75. The van der Waals surface area contributed by atoms with Gasteiger partial charge < -0.3 is 9.30 Å².